The Bertz CT molecular complexity index is 777. The number of piperazine rings is 1. The average Bonchev–Trinajstić information content (AvgIpc) is 2.48. The van der Waals surface area contributed by atoms with Crippen molar-refractivity contribution in [3.63, 3.8) is 0 Å². The Labute approximate surface area is 165 Å². The number of hydrogen-bond acceptors (Lipinski definition) is 4. The van der Waals surface area contributed by atoms with Crippen molar-refractivity contribution in [3.05, 3.63) is 33.8 Å². The molecule has 1 atom stereocenters. The molecule has 26 heavy (non-hydrogen) atoms. The second kappa shape index (κ2) is 7.92. The third-order valence-electron chi connectivity index (χ3n) is 3.92. The van der Waals surface area contributed by atoms with Crippen molar-refractivity contribution in [3.8, 4) is 0 Å². The van der Waals surface area contributed by atoms with Gasteiger partial charge in [-0.25, -0.2) is 13.2 Å². The van der Waals surface area contributed by atoms with Crippen molar-refractivity contribution in [1.82, 2.24) is 9.21 Å². The molecule has 0 radical (unpaired) electrons. The van der Waals surface area contributed by atoms with Gasteiger partial charge in [0.15, 0.2) is 0 Å². The minimum absolute atomic E-state index is 0.209. The normalized spacial score (nSPS) is 19.5. The predicted molar refractivity (Wildman–Crippen MR) is 103 cm³/mol. The molecule has 0 bridgehead atoms. The molecule has 0 spiro atoms. The highest BCUT2D eigenvalue weighted by molar-refractivity contribution is 7.88. The fourth-order valence-electron chi connectivity index (χ4n) is 2.78. The van der Waals surface area contributed by atoms with Crippen molar-refractivity contribution in [2.75, 3.05) is 19.6 Å². The van der Waals surface area contributed by atoms with E-state index >= 15 is 0 Å². The van der Waals surface area contributed by atoms with E-state index in [1.165, 1.54) is 9.21 Å². The summed E-state index contributed by atoms with van der Waals surface area (Å²) in [6, 6.07) is 4.39. The van der Waals surface area contributed by atoms with E-state index < -0.39 is 21.7 Å². The lowest BCUT2D eigenvalue weighted by Gasteiger charge is -2.39. The summed E-state index contributed by atoms with van der Waals surface area (Å²) in [6.45, 7) is 7.92. The van der Waals surface area contributed by atoms with Crippen LogP contribution in [0.3, 0.4) is 0 Å². The van der Waals surface area contributed by atoms with Crippen LogP contribution in [0.1, 0.15) is 33.3 Å². The quantitative estimate of drug-likeness (QED) is 0.743. The molecule has 0 aliphatic carbocycles. The topological polar surface area (TPSA) is 66.9 Å². The van der Waals surface area contributed by atoms with Gasteiger partial charge in [0.25, 0.3) is 0 Å². The number of hydrogen-bond donors (Lipinski definition) is 0. The first-order valence-electron chi connectivity index (χ1n) is 8.30. The van der Waals surface area contributed by atoms with Crippen LogP contribution in [0.4, 0.5) is 4.79 Å². The summed E-state index contributed by atoms with van der Waals surface area (Å²) in [6.07, 6.45) is -0.431. The van der Waals surface area contributed by atoms with E-state index in [1.807, 2.05) is 0 Å². The first-order valence-corrected chi connectivity index (χ1v) is 10.7. The van der Waals surface area contributed by atoms with E-state index in [1.54, 1.807) is 45.9 Å². The van der Waals surface area contributed by atoms with E-state index in [9.17, 15) is 13.2 Å². The van der Waals surface area contributed by atoms with Crippen molar-refractivity contribution < 1.29 is 17.9 Å². The van der Waals surface area contributed by atoms with Crippen LogP contribution < -0.4 is 0 Å². The maximum absolute atomic E-state index is 12.8. The highest BCUT2D eigenvalue weighted by atomic mass is 35.5. The number of halogens is 2. The molecule has 1 saturated heterocycles. The lowest BCUT2D eigenvalue weighted by Crippen LogP contribution is -2.56. The minimum Gasteiger partial charge on any atom is -0.444 e. The maximum atomic E-state index is 12.8. The summed E-state index contributed by atoms with van der Waals surface area (Å²) in [4.78, 5) is 13.7. The summed E-state index contributed by atoms with van der Waals surface area (Å²) in [7, 11) is -3.60. The molecular formula is C17H24Cl2N2O4S. The van der Waals surface area contributed by atoms with Crippen molar-refractivity contribution in [2.24, 2.45) is 0 Å². The van der Waals surface area contributed by atoms with Crippen LogP contribution in [0, 0.1) is 0 Å². The average molecular weight is 423 g/mol. The number of amides is 1. The van der Waals surface area contributed by atoms with Crippen molar-refractivity contribution in [2.45, 2.75) is 45.1 Å². The summed E-state index contributed by atoms with van der Waals surface area (Å²) in [5.74, 6) is -0.233. The van der Waals surface area contributed by atoms with Crippen LogP contribution in [-0.4, -0.2) is 55.0 Å². The SMILES string of the molecule is C[C@@H]1CN(C(=O)OC(C)(C)C)CCN1S(=O)(=O)Cc1cc(Cl)ccc1Cl. The van der Waals surface area contributed by atoms with Crippen LogP contribution in [0.2, 0.25) is 10.0 Å². The molecule has 1 aliphatic rings. The number of sulfonamides is 1. The largest absolute Gasteiger partial charge is 0.444 e. The third-order valence-corrected chi connectivity index (χ3v) is 6.46. The van der Waals surface area contributed by atoms with E-state index in [4.69, 9.17) is 27.9 Å². The first kappa shape index (κ1) is 21.3. The zero-order chi connectivity index (χ0) is 19.7. The molecule has 1 aliphatic heterocycles. The highest BCUT2D eigenvalue weighted by Gasteiger charge is 2.35. The summed E-state index contributed by atoms with van der Waals surface area (Å²) in [5, 5.41) is 0.792. The van der Waals surface area contributed by atoms with Crippen LogP contribution in [0.15, 0.2) is 18.2 Å². The molecular weight excluding hydrogens is 399 g/mol. The van der Waals surface area contributed by atoms with Gasteiger partial charge < -0.3 is 9.64 Å². The fraction of sp³-hybridized carbons (Fsp3) is 0.588. The van der Waals surface area contributed by atoms with Gasteiger partial charge in [0, 0.05) is 35.7 Å². The lowest BCUT2D eigenvalue weighted by molar-refractivity contribution is 0.0143. The van der Waals surface area contributed by atoms with Crippen LogP contribution >= 0.6 is 23.2 Å². The Hall–Kier alpha value is -1.02. The van der Waals surface area contributed by atoms with Crippen LogP contribution in [0.25, 0.3) is 0 Å². The third kappa shape index (κ3) is 5.49. The molecule has 0 saturated carbocycles. The monoisotopic (exact) mass is 422 g/mol. The smallest absolute Gasteiger partial charge is 0.410 e. The Morgan fingerprint density at radius 1 is 1.27 bits per heavy atom. The molecule has 1 amide bonds. The molecule has 0 N–H and O–H groups in total. The zero-order valence-electron chi connectivity index (χ0n) is 15.3. The first-order chi connectivity index (χ1) is 11.9. The standard InChI is InChI=1S/C17H24Cl2N2O4S/c1-12-10-20(16(22)25-17(2,3)4)7-8-21(12)26(23,24)11-13-9-14(18)5-6-15(13)19/h5-6,9,12H,7-8,10-11H2,1-4H3/t12-/m1/s1. The van der Waals surface area contributed by atoms with Gasteiger partial charge in [-0.05, 0) is 51.5 Å². The Morgan fingerprint density at radius 3 is 2.50 bits per heavy atom. The summed E-state index contributed by atoms with van der Waals surface area (Å²) in [5.41, 5.74) is -0.131. The van der Waals surface area contributed by atoms with E-state index in [0.717, 1.165) is 0 Å². The lowest BCUT2D eigenvalue weighted by atomic mass is 10.2. The molecule has 1 fully saturated rings. The van der Waals surface area contributed by atoms with Gasteiger partial charge in [-0.3, -0.25) is 0 Å². The van der Waals surface area contributed by atoms with Crippen LogP contribution in [-0.2, 0) is 20.5 Å². The molecule has 6 nitrogen and oxygen atoms in total. The number of benzene rings is 1. The highest BCUT2D eigenvalue weighted by Crippen LogP contribution is 2.25. The molecule has 1 aromatic carbocycles. The van der Waals surface area contributed by atoms with Crippen molar-refractivity contribution >= 4 is 39.3 Å². The van der Waals surface area contributed by atoms with Gasteiger partial charge in [-0.1, -0.05) is 23.2 Å². The molecule has 0 aromatic heterocycles. The molecule has 0 unspecified atom stereocenters. The number of nitrogens with zero attached hydrogens (tertiary/aromatic N) is 2. The fourth-order valence-corrected chi connectivity index (χ4v) is 5.01. The summed E-state index contributed by atoms with van der Waals surface area (Å²) >= 11 is 12.0. The number of carbonyl (C=O) groups excluding carboxylic acids is 1. The number of rotatable bonds is 3. The van der Waals surface area contributed by atoms with Gasteiger partial charge in [0.2, 0.25) is 10.0 Å². The zero-order valence-corrected chi connectivity index (χ0v) is 17.7. The van der Waals surface area contributed by atoms with Crippen molar-refractivity contribution in [1.29, 1.82) is 0 Å². The Kier molecular flexibility index (Phi) is 6.48. The number of carbonyl (C=O) groups is 1. The number of ether oxygens (including phenoxy) is 1. The van der Waals surface area contributed by atoms with E-state index in [-0.39, 0.29) is 31.4 Å². The maximum Gasteiger partial charge on any atom is 0.410 e. The van der Waals surface area contributed by atoms with Gasteiger partial charge in [-0.15, -0.1) is 0 Å². The van der Waals surface area contributed by atoms with E-state index in [2.05, 4.69) is 0 Å². The molecule has 146 valence electrons. The molecule has 9 heteroatoms. The van der Waals surface area contributed by atoms with Gasteiger partial charge in [0.05, 0.1) is 5.75 Å². The summed E-state index contributed by atoms with van der Waals surface area (Å²) < 4.78 is 32.4. The van der Waals surface area contributed by atoms with Gasteiger partial charge in [0.1, 0.15) is 5.60 Å². The molecule has 1 heterocycles. The Morgan fingerprint density at radius 2 is 1.92 bits per heavy atom. The molecule has 2 rings (SSSR count). The van der Waals surface area contributed by atoms with E-state index in [0.29, 0.717) is 15.6 Å². The minimum atomic E-state index is -3.60. The van der Waals surface area contributed by atoms with Gasteiger partial charge in [-0.2, -0.15) is 4.31 Å². The second-order valence-electron chi connectivity index (χ2n) is 7.38. The Balaban J connectivity index is 2.08. The predicted octanol–water partition coefficient (Wildman–Crippen LogP) is 3.76. The second-order valence-corrected chi connectivity index (χ2v) is 10.1. The van der Waals surface area contributed by atoms with Gasteiger partial charge >= 0.3 is 6.09 Å². The molecule has 1 aromatic rings. The van der Waals surface area contributed by atoms with Crippen LogP contribution in [0.5, 0.6) is 0 Å².